The number of aliphatic hydroxyl groups is 1. The summed E-state index contributed by atoms with van der Waals surface area (Å²) in [4.78, 5) is 14.4. The van der Waals surface area contributed by atoms with Gasteiger partial charge in [0.2, 0.25) is 0 Å². The molecule has 1 aromatic carbocycles. The van der Waals surface area contributed by atoms with Crippen LogP contribution in [0.25, 0.3) is 0 Å². The maximum atomic E-state index is 12.6. The van der Waals surface area contributed by atoms with E-state index in [1.165, 1.54) is 5.56 Å². The summed E-state index contributed by atoms with van der Waals surface area (Å²) in [5, 5.41) is 13.9. The summed E-state index contributed by atoms with van der Waals surface area (Å²) >= 11 is 0. The van der Waals surface area contributed by atoms with E-state index in [2.05, 4.69) is 25.2 Å². The first kappa shape index (κ1) is 17.0. The van der Waals surface area contributed by atoms with Gasteiger partial charge in [0.05, 0.1) is 0 Å². The summed E-state index contributed by atoms with van der Waals surface area (Å²) in [5.41, 5.74) is 1.06. The predicted octanol–water partition coefficient (Wildman–Crippen LogP) is 2.09. The molecular formula is C18H28N2O2. The number of carbonyl (C=O) groups excluding carboxylic acids is 1. The summed E-state index contributed by atoms with van der Waals surface area (Å²) in [7, 11) is 0. The molecule has 1 saturated heterocycles. The molecule has 4 nitrogen and oxygen atoms in total. The molecule has 4 heteroatoms. The SMILES string of the molecule is Cc1cccc(CN2CCCC(O)(CNCC(C)C)C2=O)c1. The average molecular weight is 304 g/mol. The molecule has 1 aliphatic heterocycles. The normalized spacial score (nSPS) is 22.4. The number of aryl methyl sites for hydroxylation is 1. The van der Waals surface area contributed by atoms with E-state index < -0.39 is 5.60 Å². The lowest BCUT2D eigenvalue weighted by Gasteiger charge is -2.38. The van der Waals surface area contributed by atoms with Crippen molar-refractivity contribution in [1.82, 2.24) is 10.2 Å². The lowest BCUT2D eigenvalue weighted by Crippen LogP contribution is -2.57. The van der Waals surface area contributed by atoms with Crippen LogP contribution in [-0.4, -0.2) is 41.1 Å². The van der Waals surface area contributed by atoms with Crippen LogP contribution in [0.1, 0.15) is 37.8 Å². The number of likely N-dealkylation sites (tertiary alicyclic amines) is 1. The molecule has 0 spiro atoms. The molecule has 1 aromatic rings. The Bertz CT molecular complexity index is 516. The second kappa shape index (κ2) is 7.25. The maximum Gasteiger partial charge on any atom is 0.256 e. The van der Waals surface area contributed by atoms with Gasteiger partial charge in [0, 0.05) is 19.6 Å². The number of carbonyl (C=O) groups is 1. The maximum absolute atomic E-state index is 12.6. The first-order chi connectivity index (χ1) is 10.4. The Morgan fingerprint density at radius 1 is 1.41 bits per heavy atom. The fourth-order valence-electron chi connectivity index (χ4n) is 2.98. The van der Waals surface area contributed by atoms with Gasteiger partial charge >= 0.3 is 0 Å². The van der Waals surface area contributed by atoms with Crippen molar-refractivity contribution >= 4 is 5.91 Å². The summed E-state index contributed by atoms with van der Waals surface area (Å²) in [6.07, 6.45) is 1.39. The standard InChI is InChI=1S/C18H28N2O2/c1-14(2)11-19-13-18(22)8-5-9-20(17(18)21)12-16-7-4-6-15(3)10-16/h4,6-7,10,14,19,22H,5,8-9,11-13H2,1-3H3. The van der Waals surface area contributed by atoms with Gasteiger partial charge in [-0.15, -0.1) is 0 Å². The van der Waals surface area contributed by atoms with Crippen LogP contribution in [0.15, 0.2) is 24.3 Å². The number of hydrogen-bond donors (Lipinski definition) is 2. The van der Waals surface area contributed by atoms with E-state index in [-0.39, 0.29) is 5.91 Å². The Labute approximate surface area is 133 Å². The third-order valence-electron chi connectivity index (χ3n) is 4.13. The number of hydrogen-bond acceptors (Lipinski definition) is 3. The molecule has 1 aliphatic rings. The van der Waals surface area contributed by atoms with E-state index in [9.17, 15) is 9.90 Å². The highest BCUT2D eigenvalue weighted by Crippen LogP contribution is 2.24. The highest BCUT2D eigenvalue weighted by molar-refractivity contribution is 5.86. The minimum absolute atomic E-state index is 0.142. The van der Waals surface area contributed by atoms with Gasteiger partial charge in [0.1, 0.15) is 0 Å². The molecule has 2 rings (SSSR count). The number of benzene rings is 1. The number of nitrogens with zero attached hydrogens (tertiary/aromatic N) is 1. The van der Waals surface area contributed by atoms with Gasteiger partial charge in [-0.25, -0.2) is 0 Å². The van der Waals surface area contributed by atoms with Gasteiger partial charge in [0.15, 0.2) is 5.60 Å². The second-order valence-corrected chi connectivity index (χ2v) is 6.88. The van der Waals surface area contributed by atoms with E-state index in [0.717, 1.165) is 25.1 Å². The van der Waals surface area contributed by atoms with Crippen molar-refractivity contribution in [2.24, 2.45) is 5.92 Å². The van der Waals surface area contributed by atoms with Crippen LogP contribution in [0.2, 0.25) is 0 Å². The van der Waals surface area contributed by atoms with Gasteiger partial charge in [0.25, 0.3) is 5.91 Å². The Kier molecular flexibility index (Phi) is 5.59. The van der Waals surface area contributed by atoms with Crippen molar-refractivity contribution < 1.29 is 9.90 Å². The molecule has 22 heavy (non-hydrogen) atoms. The van der Waals surface area contributed by atoms with Crippen LogP contribution < -0.4 is 5.32 Å². The predicted molar refractivity (Wildman–Crippen MR) is 88.5 cm³/mol. The Balaban J connectivity index is 1.99. The molecule has 1 fully saturated rings. The van der Waals surface area contributed by atoms with Crippen LogP contribution in [0.3, 0.4) is 0 Å². The quantitative estimate of drug-likeness (QED) is 0.846. The largest absolute Gasteiger partial charge is 0.379 e. The molecule has 122 valence electrons. The van der Waals surface area contributed by atoms with Crippen molar-refractivity contribution in [2.75, 3.05) is 19.6 Å². The highest BCUT2D eigenvalue weighted by atomic mass is 16.3. The van der Waals surface area contributed by atoms with Crippen LogP contribution in [0.4, 0.5) is 0 Å². The molecule has 1 heterocycles. The summed E-state index contributed by atoms with van der Waals surface area (Å²) in [5.74, 6) is 0.363. The monoisotopic (exact) mass is 304 g/mol. The Morgan fingerprint density at radius 2 is 2.18 bits per heavy atom. The van der Waals surface area contributed by atoms with Crippen molar-refractivity contribution in [1.29, 1.82) is 0 Å². The zero-order valence-corrected chi connectivity index (χ0v) is 13.9. The molecule has 2 N–H and O–H groups in total. The van der Waals surface area contributed by atoms with Gasteiger partial charge < -0.3 is 15.3 Å². The average Bonchev–Trinajstić information content (AvgIpc) is 2.44. The molecule has 1 atom stereocenters. The van der Waals surface area contributed by atoms with Crippen LogP contribution in [0.5, 0.6) is 0 Å². The van der Waals surface area contributed by atoms with Gasteiger partial charge in [-0.1, -0.05) is 43.7 Å². The van der Waals surface area contributed by atoms with Crippen molar-refractivity contribution in [2.45, 2.75) is 45.8 Å². The van der Waals surface area contributed by atoms with E-state index in [1.807, 2.05) is 25.1 Å². The van der Waals surface area contributed by atoms with Crippen LogP contribution >= 0.6 is 0 Å². The zero-order valence-electron chi connectivity index (χ0n) is 13.9. The van der Waals surface area contributed by atoms with E-state index >= 15 is 0 Å². The lowest BCUT2D eigenvalue weighted by molar-refractivity contribution is -0.157. The molecule has 1 amide bonds. The van der Waals surface area contributed by atoms with Gasteiger partial charge in [-0.3, -0.25) is 4.79 Å². The number of rotatable bonds is 6. The van der Waals surface area contributed by atoms with Crippen molar-refractivity contribution in [3.8, 4) is 0 Å². The Morgan fingerprint density at radius 3 is 2.86 bits per heavy atom. The van der Waals surface area contributed by atoms with Crippen molar-refractivity contribution in [3.63, 3.8) is 0 Å². The summed E-state index contributed by atoms with van der Waals surface area (Å²) in [6.45, 7) is 8.73. The molecule has 0 aromatic heterocycles. The first-order valence-electron chi connectivity index (χ1n) is 8.19. The third kappa shape index (κ3) is 4.31. The van der Waals surface area contributed by atoms with Crippen LogP contribution in [-0.2, 0) is 11.3 Å². The number of piperidine rings is 1. The minimum atomic E-state index is -1.25. The third-order valence-corrected chi connectivity index (χ3v) is 4.13. The molecular weight excluding hydrogens is 276 g/mol. The minimum Gasteiger partial charge on any atom is -0.379 e. The molecule has 1 unspecified atom stereocenters. The fourth-order valence-corrected chi connectivity index (χ4v) is 2.98. The second-order valence-electron chi connectivity index (χ2n) is 6.88. The highest BCUT2D eigenvalue weighted by Gasteiger charge is 2.41. The lowest BCUT2D eigenvalue weighted by atomic mass is 9.91. The molecule has 0 aliphatic carbocycles. The van der Waals surface area contributed by atoms with Gasteiger partial charge in [-0.05, 0) is 37.8 Å². The topological polar surface area (TPSA) is 52.6 Å². The van der Waals surface area contributed by atoms with Gasteiger partial charge in [-0.2, -0.15) is 0 Å². The van der Waals surface area contributed by atoms with Crippen LogP contribution in [0, 0.1) is 12.8 Å². The smallest absolute Gasteiger partial charge is 0.256 e. The summed E-state index contributed by atoms with van der Waals surface area (Å²) < 4.78 is 0. The number of amides is 1. The first-order valence-corrected chi connectivity index (χ1v) is 8.19. The summed E-state index contributed by atoms with van der Waals surface area (Å²) in [6, 6.07) is 8.19. The zero-order chi connectivity index (χ0) is 16.2. The molecule has 0 bridgehead atoms. The van der Waals surface area contributed by atoms with E-state index in [0.29, 0.717) is 25.4 Å². The fraction of sp³-hybridized carbons (Fsp3) is 0.611. The van der Waals surface area contributed by atoms with E-state index in [1.54, 1.807) is 4.90 Å². The molecule has 0 saturated carbocycles. The number of nitrogens with one attached hydrogen (secondary N) is 1. The molecule has 0 radical (unpaired) electrons. The van der Waals surface area contributed by atoms with E-state index in [4.69, 9.17) is 0 Å². The Hall–Kier alpha value is -1.39. The van der Waals surface area contributed by atoms with Crippen molar-refractivity contribution in [3.05, 3.63) is 35.4 Å².